The Morgan fingerprint density at radius 2 is 2.17 bits per heavy atom. The van der Waals surface area contributed by atoms with E-state index in [9.17, 15) is 13.2 Å². The van der Waals surface area contributed by atoms with Crippen molar-refractivity contribution in [3.63, 3.8) is 0 Å². The third-order valence-electron chi connectivity index (χ3n) is 1.33. The molecule has 6 heteroatoms. The molecule has 0 N–H and O–H groups in total. The van der Waals surface area contributed by atoms with Gasteiger partial charge in [-0.1, -0.05) is 15.9 Å². The molecule has 68 valence electrons. The molecule has 0 spiro atoms. The van der Waals surface area contributed by atoms with Crippen molar-refractivity contribution in [1.82, 2.24) is 4.90 Å². The summed E-state index contributed by atoms with van der Waals surface area (Å²) in [6.45, 7) is 0.207. The maximum absolute atomic E-state index is 12.1. The summed E-state index contributed by atoms with van der Waals surface area (Å²) in [4.78, 5) is 4.32. The molecule has 0 saturated heterocycles. The van der Waals surface area contributed by atoms with Crippen molar-refractivity contribution >= 4 is 21.8 Å². The number of amidine groups is 1. The predicted octanol–water partition coefficient (Wildman–Crippen LogP) is 2.13. The summed E-state index contributed by atoms with van der Waals surface area (Å²) >= 11 is 3.07. The van der Waals surface area contributed by atoms with Crippen LogP contribution in [0.3, 0.4) is 0 Å². The van der Waals surface area contributed by atoms with Crippen LogP contribution in [-0.2, 0) is 0 Å². The van der Waals surface area contributed by atoms with E-state index in [-0.39, 0.29) is 6.54 Å². The molecule has 12 heavy (non-hydrogen) atoms. The average molecular weight is 243 g/mol. The Kier molecular flexibility index (Phi) is 2.46. The Morgan fingerprint density at radius 3 is 2.58 bits per heavy atom. The van der Waals surface area contributed by atoms with Gasteiger partial charge < -0.3 is 4.90 Å². The lowest BCUT2D eigenvalue weighted by Gasteiger charge is -2.24. The number of nitrogens with zero attached hydrogens (tertiary/aromatic N) is 2. The van der Waals surface area contributed by atoms with E-state index in [0.29, 0.717) is 4.48 Å². The van der Waals surface area contributed by atoms with Crippen molar-refractivity contribution in [2.45, 2.75) is 6.18 Å². The molecule has 0 fully saturated rings. The highest BCUT2D eigenvalue weighted by Crippen LogP contribution is 2.23. The quantitative estimate of drug-likeness (QED) is 0.636. The molecule has 0 aromatic carbocycles. The van der Waals surface area contributed by atoms with Crippen LogP contribution in [0.4, 0.5) is 13.2 Å². The van der Waals surface area contributed by atoms with E-state index in [1.54, 1.807) is 0 Å². The fourth-order valence-electron chi connectivity index (χ4n) is 0.862. The van der Waals surface area contributed by atoms with E-state index in [2.05, 4.69) is 20.9 Å². The summed E-state index contributed by atoms with van der Waals surface area (Å²) in [5, 5.41) is 0. The number of alkyl halides is 3. The maximum Gasteiger partial charge on any atom is 0.449 e. The Labute approximate surface area is 75.9 Å². The minimum Gasteiger partial charge on any atom is -0.351 e. The third-order valence-corrected chi connectivity index (χ3v) is 1.79. The van der Waals surface area contributed by atoms with E-state index in [1.807, 2.05) is 0 Å². The summed E-state index contributed by atoms with van der Waals surface area (Å²) in [5.41, 5.74) is 0. The summed E-state index contributed by atoms with van der Waals surface area (Å²) in [6.07, 6.45) is -3.19. The van der Waals surface area contributed by atoms with Gasteiger partial charge in [-0.3, -0.25) is 0 Å². The highest BCUT2D eigenvalue weighted by atomic mass is 79.9. The Hall–Kier alpha value is -0.520. The third kappa shape index (κ3) is 2.00. The number of aliphatic imine (C=N–C) groups is 1. The number of likely N-dealkylation sites (N-methyl/N-ethyl adjacent to an activating group) is 1. The van der Waals surface area contributed by atoms with E-state index < -0.39 is 12.0 Å². The molecule has 0 atom stereocenters. The van der Waals surface area contributed by atoms with Crippen molar-refractivity contribution in [2.24, 2.45) is 4.99 Å². The summed E-state index contributed by atoms with van der Waals surface area (Å²) < 4.78 is 36.9. The van der Waals surface area contributed by atoms with Crippen LogP contribution in [0.1, 0.15) is 0 Å². The molecule has 0 saturated carbocycles. The van der Waals surface area contributed by atoms with E-state index in [1.165, 1.54) is 13.2 Å². The highest BCUT2D eigenvalue weighted by molar-refractivity contribution is 9.11. The molecule has 1 aliphatic rings. The van der Waals surface area contributed by atoms with Crippen molar-refractivity contribution in [3.05, 3.63) is 10.7 Å². The van der Waals surface area contributed by atoms with Gasteiger partial charge in [-0.2, -0.15) is 13.2 Å². The second-order valence-corrected chi connectivity index (χ2v) is 3.40. The number of halogens is 4. The Morgan fingerprint density at radius 1 is 1.58 bits per heavy atom. The van der Waals surface area contributed by atoms with Gasteiger partial charge >= 0.3 is 6.18 Å². The topological polar surface area (TPSA) is 15.6 Å². The van der Waals surface area contributed by atoms with Crippen LogP contribution >= 0.6 is 15.9 Å². The molecule has 2 nitrogen and oxygen atoms in total. The lowest BCUT2D eigenvalue weighted by Crippen LogP contribution is -2.40. The van der Waals surface area contributed by atoms with Gasteiger partial charge in [0.1, 0.15) is 0 Å². The molecule has 1 heterocycles. The van der Waals surface area contributed by atoms with Crippen LogP contribution in [0.5, 0.6) is 0 Å². The van der Waals surface area contributed by atoms with Gasteiger partial charge in [0.15, 0.2) is 0 Å². The highest BCUT2D eigenvalue weighted by Gasteiger charge is 2.39. The zero-order chi connectivity index (χ0) is 9.35. The van der Waals surface area contributed by atoms with Gasteiger partial charge in [0.2, 0.25) is 5.84 Å². The minimum absolute atomic E-state index is 0.207. The fourth-order valence-corrected chi connectivity index (χ4v) is 1.34. The SMILES string of the molecule is CN1CC(Br)=CN=C1C(F)(F)F. The van der Waals surface area contributed by atoms with Crippen molar-refractivity contribution in [3.8, 4) is 0 Å². The molecule has 0 bridgehead atoms. The van der Waals surface area contributed by atoms with Gasteiger partial charge in [-0.15, -0.1) is 0 Å². The molecule has 0 aromatic rings. The second-order valence-electron chi connectivity index (χ2n) is 2.38. The standard InChI is InChI=1S/C6H6BrF3N2/c1-12-3-4(7)2-11-5(12)6(8,9)10/h2H,3H2,1H3. The monoisotopic (exact) mass is 242 g/mol. The first kappa shape index (κ1) is 9.57. The van der Waals surface area contributed by atoms with Gasteiger partial charge in [-0.25, -0.2) is 4.99 Å². The largest absolute Gasteiger partial charge is 0.449 e. The van der Waals surface area contributed by atoms with Crippen molar-refractivity contribution in [2.75, 3.05) is 13.6 Å². The zero-order valence-electron chi connectivity index (χ0n) is 6.19. The first-order valence-electron chi connectivity index (χ1n) is 3.12. The molecule has 1 rings (SSSR count). The lowest BCUT2D eigenvalue weighted by atomic mass is 10.4. The molecular weight excluding hydrogens is 237 g/mol. The number of rotatable bonds is 0. The van der Waals surface area contributed by atoms with Crippen LogP contribution in [0.25, 0.3) is 0 Å². The van der Waals surface area contributed by atoms with E-state index >= 15 is 0 Å². The number of hydrogen-bond acceptors (Lipinski definition) is 2. The summed E-state index contributed by atoms with van der Waals surface area (Å²) in [7, 11) is 1.35. The molecule has 0 aromatic heterocycles. The fraction of sp³-hybridized carbons (Fsp3) is 0.500. The smallest absolute Gasteiger partial charge is 0.351 e. The van der Waals surface area contributed by atoms with Crippen LogP contribution in [0.2, 0.25) is 0 Å². The van der Waals surface area contributed by atoms with Crippen LogP contribution in [0, 0.1) is 0 Å². The normalized spacial score (nSPS) is 18.9. The molecule has 0 unspecified atom stereocenters. The van der Waals surface area contributed by atoms with E-state index in [4.69, 9.17) is 0 Å². The molecule has 0 aliphatic carbocycles. The maximum atomic E-state index is 12.1. The van der Waals surface area contributed by atoms with Crippen LogP contribution < -0.4 is 0 Å². The first-order chi connectivity index (χ1) is 5.41. The summed E-state index contributed by atoms with van der Waals surface area (Å²) in [6, 6.07) is 0. The molecule has 0 amide bonds. The molecule has 1 aliphatic heterocycles. The summed E-state index contributed by atoms with van der Waals surface area (Å²) in [5.74, 6) is -0.856. The van der Waals surface area contributed by atoms with Crippen molar-refractivity contribution < 1.29 is 13.2 Å². The van der Waals surface area contributed by atoms with Crippen LogP contribution in [0.15, 0.2) is 15.7 Å². The predicted molar refractivity (Wildman–Crippen MR) is 43.1 cm³/mol. The molecular formula is C6H6BrF3N2. The Bertz CT molecular complexity index is 244. The van der Waals surface area contributed by atoms with Gasteiger partial charge in [0.25, 0.3) is 0 Å². The van der Waals surface area contributed by atoms with E-state index in [0.717, 1.165) is 4.90 Å². The average Bonchev–Trinajstić information content (AvgIpc) is 1.83. The second kappa shape index (κ2) is 3.08. The van der Waals surface area contributed by atoms with Gasteiger partial charge in [-0.05, 0) is 0 Å². The van der Waals surface area contributed by atoms with Crippen LogP contribution in [-0.4, -0.2) is 30.5 Å². The Balaban J connectivity index is 2.91. The first-order valence-corrected chi connectivity index (χ1v) is 3.91. The van der Waals surface area contributed by atoms with Gasteiger partial charge in [0.05, 0.1) is 6.54 Å². The molecule has 0 radical (unpaired) electrons. The zero-order valence-corrected chi connectivity index (χ0v) is 7.78. The lowest BCUT2D eigenvalue weighted by molar-refractivity contribution is -0.0676. The number of hydrogen-bond donors (Lipinski definition) is 0. The minimum atomic E-state index is -4.36. The van der Waals surface area contributed by atoms with Gasteiger partial charge in [0, 0.05) is 17.7 Å². The van der Waals surface area contributed by atoms with Crippen molar-refractivity contribution in [1.29, 1.82) is 0 Å².